The molecule has 1 rings (SSSR count). The van der Waals surface area contributed by atoms with Gasteiger partial charge in [-0.15, -0.1) is 0 Å². The first kappa shape index (κ1) is 11.2. The van der Waals surface area contributed by atoms with Gasteiger partial charge in [-0.3, -0.25) is 0 Å². The summed E-state index contributed by atoms with van der Waals surface area (Å²) in [5.41, 5.74) is 0. The van der Waals surface area contributed by atoms with Crippen LogP contribution in [0.2, 0.25) is 6.55 Å². The van der Waals surface area contributed by atoms with Gasteiger partial charge in [-0.1, -0.05) is 12.8 Å². The van der Waals surface area contributed by atoms with Crippen LogP contribution < -0.4 is 0 Å². The topological polar surface area (TPSA) is 27.7 Å². The second-order valence-electron chi connectivity index (χ2n) is 3.73. The fourth-order valence-corrected chi connectivity index (χ4v) is 2.59. The predicted molar refractivity (Wildman–Crippen MR) is 53.5 cm³/mol. The number of hydrogen-bond acceptors (Lipinski definition) is 3. The lowest BCUT2D eigenvalue weighted by Crippen LogP contribution is -2.41. The summed E-state index contributed by atoms with van der Waals surface area (Å²) in [5, 5.41) is 0. The van der Waals surface area contributed by atoms with Gasteiger partial charge in [-0.05, 0) is 18.8 Å². The summed E-state index contributed by atoms with van der Waals surface area (Å²) >= 11 is 0. The van der Waals surface area contributed by atoms with Gasteiger partial charge in [0.05, 0.1) is 0 Å². The average Bonchev–Trinajstić information content (AvgIpc) is 2.67. The first-order chi connectivity index (χ1) is 6.20. The minimum atomic E-state index is -2.26. The van der Waals surface area contributed by atoms with Gasteiger partial charge in [0.15, 0.2) is 0 Å². The molecule has 1 fully saturated rings. The zero-order valence-corrected chi connectivity index (χ0v) is 9.84. The summed E-state index contributed by atoms with van der Waals surface area (Å²) in [6, 6.07) is 0. The zero-order chi connectivity index (χ0) is 9.73. The molecule has 1 saturated carbocycles. The smallest absolute Gasteiger partial charge is 0.377 e. The lowest BCUT2D eigenvalue weighted by Gasteiger charge is -2.23. The molecule has 0 saturated heterocycles. The van der Waals surface area contributed by atoms with Crippen molar-refractivity contribution in [3.63, 3.8) is 0 Å². The molecule has 0 N–H and O–H groups in total. The van der Waals surface area contributed by atoms with Crippen LogP contribution in [0.1, 0.15) is 25.7 Å². The van der Waals surface area contributed by atoms with Crippen molar-refractivity contribution in [3.8, 4) is 0 Å². The van der Waals surface area contributed by atoms with Crippen molar-refractivity contribution in [3.05, 3.63) is 0 Å². The van der Waals surface area contributed by atoms with Gasteiger partial charge in [0.1, 0.15) is 0 Å². The van der Waals surface area contributed by atoms with Crippen LogP contribution in [0.4, 0.5) is 0 Å². The molecular formula is C9H20O3Si. The molecule has 0 bridgehead atoms. The van der Waals surface area contributed by atoms with Gasteiger partial charge in [-0.25, -0.2) is 0 Å². The molecule has 0 spiro atoms. The molecule has 0 aromatic heterocycles. The molecule has 0 aromatic rings. The maximum absolute atomic E-state index is 5.71. The largest absolute Gasteiger partial charge is 0.497 e. The summed E-state index contributed by atoms with van der Waals surface area (Å²) in [6.45, 7) is 2.74. The van der Waals surface area contributed by atoms with E-state index in [-0.39, 0.29) is 0 Å². The summed E-state index contributed by atoms with van der Waals surface area (Å²) in [7, 11) is 1.05. The highest BCUT2D eigenvalue weighted by Crippen LogP contribution is 2.25. The maximum atomic E-state index is 5.71. The molecule has 0 unspecified atom stereocenters. The molecule has 0 amide bonds. The van der Waals surface area contributed by atoms with Crippen molar-refractivity contribution >= 4 is 8.80 Å². The summed E-state index contributed by atoms with van der Waals surface area (Å²) in [6.07, 6.45) is 5.31. The SMILES string of the molecule is CO[Si](C)(OC)OCC1CCCC1. The van der Waals surface area contributed by atoms with E-state index in [2.05, 4.69) is 0 Å². The minimum Gasteiger partial charge on any atom is -0.377 e. The van der Waals surface area contributed by atoms with Crippen LogP contribution in [0, 0.1) is 5.92 Å². The molecule has 0 radical (unpaired) electrons. The second-order valence-corrected chi connectivity index (χ2v) is 6.56. The van der Waals surface area contributed by atoms with Gasteiger partial charge in [0.2, 0.25) is 0 Å². The van der Waals surface area contributed by atoms with Gasteiger partial charge in [0.25, 0.3) is 0 Å². The highest BCUT2D eigenvalue weighted by atomic mass is 28.4. The molecule has 0 aliphatic heterocycles. The van der Waals surface area contributed by atoms with Crippen molar-refractivity contribution in [2.45, 2.75) is 32.2 Å². The Bertz CT molecular complexity index is 142. The van der Waals surface area contributed by atoms with Crippen LogP contribution in [-0.4, -0.2) is 29.6 Å². The fraction of sp³-hybridized carbons (Fsp3) is 1.00. The Morgan fingerprint density at radius 2 is 1.69 bits per heavy atom. The normalized spacial score (nSPS) is 19.6. The van der Waals surface area contributed by atoms with Crippen molar-refractivity contribution < 1.29 is 13.3 Å². The van der Waals surface area contributed by atoms with E-state index in [1.807, 2.05) is 6.55 Å². The first-order valence-electron chi connectivity index (χ1n) is 4.94. The average molecular weight is 204 g/mol. The van der Waals surface area contributed by atoms with E-state index in [1.54, 1.807) is 14.2 Å². The highest BCUT2D eigenvalue weighted by Gasteiger charge is 2.33. The molecule has 1 aliphatic rings. The Balaban J connectivity index is 2.22. The summed E-state index contributed by atoms with van der Waals surface area (Å²) in [5.74, 6) is 0.733. The molecule has 0 heterocycles. The Kier molecular flexibility index (Phi) is 4.38. The third kappa shape index (κ3) is 3.38. The number of hydrogen-bond donors (Lipinski definition) is 0. The van der Waals surface area contributed by atoms with Gasteiger partial charge >= 0.3 is 8.80 Å². The minimum absolute atomic E-state index is 0.733. The van der Waals surface area contributed by atoms with Crippen LogP contribution in [0.3, 0.4) is 0 Å². The molecule has 78 valence electrons. The van der Waals surface area contributed by atoms with Crippen molar-refractivity contribution in [1.82, 2.24) is 0 Å². The lowest BCUT2D eigenvalue weighted by molar-refractivity contribution is 0.0894. The van der Waals surface area contributed by atoms with Crippen LogP contribution in [0.15, 0.2) is 0 Å². The van der Waals surface area contributed by atoms with Gasteiger partial charge in [-0.2, -0.15) is 0 Å². The Morgan fingerprint density at radius 1 is 1.15 bits per heavy atom. The molecule has 13 heavy (non-hydrogen) atoms. The Morgan fingerprint density at radius 3 is 2.15 bits per heavy atom. The van der Waals surface area contributed by atoms with E-state index in [1.165, 1.54) is 25.7 Å². The summed E-state index contributed by atoms with van der Waals surface area (Å²) < 4.78 is 16.2. The molecule has 3 nitrogen and oxygen atoms in total. The molecule has 4 heteroatoms. The fourth-order valence-electron chi connectivity index (χ4n) is 1.65. The summed E-state index contributed by atoms with van der Waals surface area (Å²) in [4.78, 5) is 0. The van der Waals surface area contributed by atoms with E-state index in [0.717, 1.165) is 12.5 Å². The monoisotopic (exact) mass is 204 g/mol. The quantitative estimate of drug-likeness (QED) is 0.642. The maximum Gasteiger partial charge on any atom is 0.497 e. The van der Waals surface area contributed by atoms with Crippen molar-refractivity contribution in [2.75, 3.05) is 20.8 Å². The van der Waals surface area contributed by atoms with Gasteiger partial charge < -0.3 is 13.3 Å². The van der Waals surface area contributed by atoms with E-state index < -0.39 is 8.80 Å². The first-order valence-corrected chi connectivity index (χ1v) is 7.17. The van der Waals surface area contributed by atoms with E-state index in [4.69, 9.17) is 13.3 Å². The van der Waals surface area contributed by atoms with E-state index in [0.29, 0.717) is 0 Å². The van der Waals surface area contributed by atoms with E-state index in [9.17, 15) is 0 Å². The molecule has 1 aliphatic carbocycles. The third-order valence-corrected chi connectivity index (χ3v) is 4.97. The third-order valence-electron chi connectivity index (χ3n) is 2.80. The van der Waals surface area contributed by atoms with Crippen LogP contribution in [0.25, 0.3) is 0 Å². The second kappa shape index (κ2) is 5.10. The highest BCUT2D eigenvalue weighted by molar-refractivity contribution is 6.59. The van der Waals surface area contributed by atoms with Crippen LogP contribution >= 0.6 is 0 Å². The predicted octanol–water partition coefficient (Wildman–Crippen LogP) is 2.05. The van der Waals surface area contributed by atoms with Crippen molar-refractivity contribution in [1.29, 1.82) is 0 Å². The molecule has 0 aromatic carbocycles. The Hall–Kier alpha value is 0.0969. The van der Waals surface area contributed by atoms with Gasteiger partial charge in [0, 0.05) is 27.4 Å². The standard InChI is InChI=1S/C9H20O3Si/c1-10-13(3,11-2)12-8-9-6-4-5-7-9/h9H,4-8H2,1-3H3. The van der Waals surface area contributed by atoms with Crippen molar-refractivity contribution in [2.24, 2.45) is 5.92 Å². The zero-order valence-electron chi connectivity index (χ0n) is 8.84. The van der Waals surface area contributed by atoms with Crippen LogP contribution in [0.5, 0.6) is 0 Å². The lowest BCUT2D eigenvalue weighted by atomic mass is 10.1. The Labute approximate surface area is 81.7 Å². The molecule has 0 atom stereocenters. The van der Waals surface area contributed by atoms with Crippen LogP contribution in [-0.2, 0) is 13.3 Å². The number of rotatable bonds is 5. The van der Waals surface area contributed by atoms with E-state index >= 15 is 0 Å². The molecular weight excluding hydrogens is 184 g/mol.